The number of amides is 1. The average molecular weight is 318 g/mol. The Morgan fingerprint density at radius 1 is 1.17 bits per heavy atom. The van der Waals surface area contributed by atoms with E-state index in [1.807, 2.05) is 0 Å². The zero-order chi connectivity index (χ0) is 16.4. The first-order valence-corrected chi connectivity index (χ1v) is 8.33. The van der Waals surface area contributed by atoms with Crippen LogP contribution in [0, 0.1) is 5.92 Å². The van der Waals surface area contributed by atoms with E-state index in [1.54, 1.807) is 6.07 Å². The van der Waals surface area contributed by atoms with Crippen LogP contribution in [0.15, 0.2) is 10.9 Å². The molecule has 0 saturated carbocycles. The molecule has 6 heteroatoms. The van der Waals surface area contributed by atoms with Gasteiger partial charge in [-0.05, 0) is 50.2 Å². The molecular formula is C17H22N2O4. The number of H-pyrrole nitrogens is 1. The molecule has 0 spiro atoms. The van der Waals surface area contributed by atoms with Gasteiger partial charge in [-0.25, -0.2) is 0 Å². The van der Waals surface area contributed by atoms with Gasteiger partial charge in [0, 0.05) is 18.8 Å². The van der Waals surface area contributed by atoms with Crippen molar-refractivity contribution in [2.45, 2.75) is 44.9 Å². The Bertz CT molecular complexity index is 680. The van der Waals surface area contributed by atoms with Gasteiger partial charge in [0.05, 0.1) is 5.92 Å². The molecule has 2 heterocycles. The quantitative estimate of drug-likeness (QED) is 0.810. The lowest BCUT2D eigenvalue weighted by atomic mass is 9.97. The molecule has 1 aliphatic heterocycles. The van der Waals surface area contributed by atoms with Gasteiger partial charge in [0.1, 0.15) is 5.56 Å². The van der Waals surface area contributed by atoms with E-state index in [4.69, 9.17) is 5.11 Å². The second-order valence-corrected chi connectivity index (χ2v) is 6.51. The van der Waals surface area contributed by atoms with E-state index < -0.39 is 11.9 Å². The monoisotopic (exact) mass is 318 g/mol. The fourth-order valence-electron chi connectivity index (χ4n) is 3.54. The van der Waals surface area contributed by atoms with Crippen molar-refractivity contribution in [2.75, 3.05) is 13.1 Å². The van der Waals surface area contributed by atoms with Crippen molar-refractivity contribution in [1.29, 1.82) is 0 Å². The molecule has 2 N–H and O–H groups in total. The Kier molecular flexibility index (Phi) is 4.50. The van der Waals surface area contributed by atoms with Gasteiger partial charge in [-0.1, -0.05) is 6.42 Å². The molecule has 1 amide bonds. The Labute approximate surface area is 134 Å². The topological polar surface area (TPSA) is 90.5 Å². The molecule has 0 radical (unpaired) electrons. The number of likely N-dealkylation sites (tertiary alicyclic amines) is 1. The highest BCUT2D eigenvalue weighted by molar-refractivity contribution is 5.94. The number of aromatic amines is 1. The maximum Gasteiger partial charge on any atom is 0.308 e. The number of aromatic nitrogens is 1. The van der Waals surface area contributed by atoms with Crippen molar-refractivity contribution in [2.24, 2.45) is 5.92 Å². The van der Waals surface area contributed by atoms with Gasteiger partial charge in [0.25, 0.3) is 11.5 Å². The summed E-state index contributed by atoms with van der Waals surface area (Å²) < 4.78 is 0. The van der Waals surface area contributed by atoms with Gasteiger partial charge in [-0.3, -0.25) is 14.4 Å². The van der Waals surface area contributed by atoms with Crippen molar-refractivity contribution >= 4 is 11.9 Å². The summed E-state index contributed by atoms with van der Waals surface area (Å²) in [5.41, 5.74) is 1.80. The van der Waals surface area contributed by atoms with Crippen LogP contribution in [0.2, 0.25) is 0 Å². The van der Waals surface area contributed by atoms with Crippen molar-refractivity contribution in [3.8, 4) is 0 Å². The van der Waals surface area contributed by atoms with Crippen molar-refractivity contribution in [3.05, 3.63) is 33.2 Å². The lowest BCUT2D eigenvalue weighted by molar-refractivity contribution is -0.143. The highest BCUT2D eigenvalue weighted by Gasteiger charge is 2.30. The third-order valence-corrected chi connectivity index (χ3v) is 4.88. The minimum absolute atomic E-state index is 0.150. The van der Waals surface area contributed by atoms with E-state index in [1.165, 1.54) is 4.90 Å². The lowest BCUT2D eigenvalue weighted by Crippen LogP contribution is -2.44. The zero-order valence-corrected chi connectivity index (χ0v) is 13.1. The fraction of sp³-hybridized carbons (Fsp3) is 0.588. The summed E-state index contributed by atoms with van der Waals surface area (Å²) >= 11 is 0. The number of hydrogen-bond donors (Lipinski definition) is 2. The molecule has 23 heavy (non-hydrogen) atoms. The summed E-state index contributed by atoms with van der Waals surface area (Å²) in [5, 5.41) is 9.15. The number of hydrogen-bond acceptors (Lipinski definition) is 3. The second-order valence-electron chi connectivity index (χ2n) is 6.51. The normalized spacial score (nSPS) is 21.4. The number of aryl methyl sites for hydroxylation is 2. The molecule has 1 saturated heterocycles. The van der Waals surface area contributed by atoms with Crippen LogP contribution >= 0.6 is 0 Å². The van der Waals surface area contributed by atoms with Crippen LogP contribution in [0.3, 0.4) is 0 Å². The van der Waals surface area contributed by atoms with Crippen molar-refractivity contribution in [1.82, 2.24) is 9.88 Å². The van der Waals surface area contributed by atoms with Gasteiger partial charge in [-0.2, -0.15) is 0 Å². The summed E-state index contributed by atoms with van der Waals surface area (Å²) in [7, 11) is 0. The minimum Gasteiger partial charge on any atom is -0.481 e. The largest absolute Gasteiger partial charge is 0.481 e. The number of carbonyl (C=O) groups excluding carboxylic acids is 1. The molecule has 3 rings (SSSR count). The van der Waals surface area contributed by atoms with Gasteiger partial charge in [-0.15, -0.1) is 0 Å². The standard InChI is InChI=1S/C17H22N2O4/c20-15-13(9-11-5-2-1-3-7-14(11)18-15)16(21)19-8-4-6-12(10-19)17(22)23/h9,12H,1-8,10H2,(H,18,20)(H,22,23)/t12-/m0/s1. The SMILES string of the molecule is O=C(O)[C@H]1CCCN(C(=O)c2cc3c([nH]c2=O)CCCCC3)C1. The zero-order valence-electron chi connectivity index (χ0n) is 13.1. The summed E-state index contributed by atoms with van der Waals surface area (Å²) in [6, 6.07) is 1.73. The Hall–Kier alpha value is -2.11. The Morgan fingerprint density at radius 3 is 2.74 bits per heavy atom. The predicted molar refractivity (Wildman–Crippen MR) is 84.6 cm³/mol. The number of nitrogens with one attached hydrogen (secondary N) is 1. The fourth-order valence-corrected chi connectivity index (χ4v) is 3.54. The molecule has 1 aromatic heterocycles. The number of carboxylic acids is 1. The van der Waals surface area contributed by atoms with Crippen LogP contribution in [0.1, 0.15) is 53.7 Å². The minimum atomic E-state index is -0.877. The molecule has 124 valence electrons. The van der Waals surface area contributed by atoms with Crippen molar-refractivity contribution < 1.29 is 14.7 Å². The number of carbonyl (C=O) groups is 2. The van der Waals surface area contributed by atoms with Crippen LogP contribution in [0.25, 0.3) is 0 Å². The van der Waals surface area contributed by atoms with E-state index in [-0.39, 0.29) is 23.6 Å². The van der Waals surface area contributed by atoms with Gasteiger partial charge >= 0.3 is 5.97 Å². The van der Waals surface area contributed by atoms with Crippen LogP contribution in [-0.2, 0) is 17.6 Å². The first-order valence-electron chi connectivity index (χ1n) is 8.33. The molecule has 1 aromatic rings. The van der Waals surface area contributed by atoms with E-state index in [9.17, 15) is 14.4 Å². The first-order chi connectivity index (χ1) is 11.1. The number of aliphatic carboxylic acids is 1. The average Bonchev–Trinajstić information content (AvgIpc) is 2.78. The summed E-state index contributed by atoms with van der Waals surface area (Å²) in [5.74, 6) is -1.75. The lowest BCUT2D eigenvalue weighted by Gasteiger charge is -2.30. The number of piperidine rings is 1. The molecular weight excluding hydrogens is 296 g/mol. The number of rotatable bonds is 2. The summed E-state index contributed by atoms with van der Waals surface area (Å²) in [6.07, 6.45) is 6.23. The van der Waals surface area contributed by atoms with E-state index in [0.717, 1.165) is 43.4 Å². The maximum atomic E-state index is 12.7. The van der Waals surface area contributed by atoms with Crippen LogP contribution in [0.4, 0.5) is 0 Å². The number of nitrogens with zero attached hydrogens (tertiary/aromatic N) is 1. The molecule has 1 aliphatic carbocycles. The van der Waals surface area contributed by atoms with E-state index >= 15 is 0 Å². The molecule has 1 atom stereocenters. The van der Waals surface area contributed by atoms with Gasteiger partial charge in [0.2, 0.25) is 0 Å². The second kappa shape index (κ2) is 6.56. The summed E-state index contributed by atoms with van der Waals surface area (Å²) in [4.78, 5) is 40.5. The Balaban J connectivity index is 1.86. The smallest absolute Gasteiger partial charge is 0.308 e. The van der Waals surface area contributed by atoms with Gasteiger partial charge < -0.3 is 15.0 Å². The van der Waals surface area contributed by atoms with Gasteiger partial charge in [0.15, 0.2) is 0 Å². The predicted octanol–water partition coefficient (Wildman–Crippen LogP) is 1.58. The van der Waals surface area contributed by atoms with Crippen LogP contribution < -0.4 is 5.56 Å². The Morgan fingerprint density at radius 2 is 1.96 bits per heavy atom. The third-order valence-electron chi connectivity index (χ3n) is 4.88. The molecule has 2 aliphatic rings. The number of pyridine rings is 1. The van der Waals surface area contributed by atoms with E-state index in [0.29, 0.717) is 19.4 Å². The summed E-state index contributed by atoms with van der Waals surface area (Å²) in [6.45, 7) is 0.698. The molecule has 1 fully saturated rings. The van der Waals surface area contributed by atoms with Crippen LogP contribution in [-0.4, -0.2) is 40.0 Å². The molecule has 0 aromatic carbocycles. The van der Waals surface area contributed by atoms with Crippen LogP contribution in [0.5, 0.6) is 0 Å². The number of carboxylic acid groups (broad SMARTS) is 1. The van der Waals surface area contributed by atoms with Crippen molar-refractivity contribution in [3.63, 3.8) is 0 Å². The molecule has 6 nitrogen and oxygen atoms in total. The van der Waals surface area contributed by atoms with E-state index in [2.05, 4.69) is 4.98 Å². The molecule has 0 unspecified atom stereocenters. The number of fused-ring (bicyclic) bond motifs is 1. The first kappa shape index (κ1) is 15.8. The molecule has 0 bridgehead atoms. The highest BCUT2D eigenvalue weighted by atomic mass is 16.4. The highest BCUT2D eigenvalue weighted by Crippen LogP contribution is 2.21. The third kappa shape index (κ3) is 3.30. The maximum absolute atomic E-state index is 12.7.